The number of hydrogen-bond donors (Lipinski definition) is 0. The molecule has 210 valence electrons. The van der Waals surface area contributed by atoms with Gasteiger partial charge in [0.1, 0.15) is 0 Å². The first-order valence-electron chi connectivity index (χ1n) is 16.0. The highest BCUT2D eigenvalue weighted by atomic mass is 14.3. The molecule has 0 saturated carbocycles. The van der Waals surface area contributed by atoms with Gasteiger partial charge in [-0.05, 0) is 112 Å². The van der Waals surface area contributed by atoms with Crippen molar-refractivity contribution in [2.45, 2.75) is 26.2 Å². The lowest BCUT2D eigenvalue weighted by atomic mass is 9.70. The molecule has 1 aliphatic carbocycles. The number of rotatable bonds is 2. The second-order valence-corrected chi connectivity index (χ2v) is 13.0. The van der Waals surface area contributed by atoms with E-state index in [9.17, 15) is 0 Å². The maximum atomic E-state index is 2.55. The van der Waals surface area contributed by atoms with Gasteiger partial charge in [-0.2, -0.15) is 0 Å². The summed E-state index contributed by atoms with van der Waals surface area (Å²) in [6.45, 7) is 4.85. The van der Waals surface area contributed by atoms with Crippen LogP contribution < -0.4 is 0 Å². The molecule has 44 heavy (non-hydrogen) atoms. The fraction of sp³-hybridized carbons (Fsp3) is 0.136. The first-order valence-corrected chi connectivity index (χ1v) is 16.0. The smallest absolute Gasteiger partial charge is 0.00899 e. The van der Waals surface area contributed by atoms with Gasteiger partial charge in [-0.25, -0.2) is 0 Å². The van der Waals surface area contributed by atoms with Gasteiger partial charge >= 0.3 is 0 Å². The predicted octanol–water partition coefficient (Wildman–Crippen LogP) is 12.4. The van der Waals surface area contributed by atoms with Gasteiger partial charge in [-0.3, -0.25) is 0 Å². The van der Waals surface area contributed by atoms with Crippen molar-refractivity contribution in [2.75, 3.05) is 0 Å². The summed E-state index contributed by atoms with van der Waals surface area (Å²) in [5.41, 5.74) is 4.30. The molecule has 0 aromatic heterocycles. The highest BCUT2D eigenvalue weighted by molar-refractivity contribution is 6.26. The second kappa shape index (κ2) is 9.79. The van der Waals surface area contributed by atoms with Crippen molar-refractivity contribution >= 4 is 70.2 Å². The lowest BCUT2D eigenvalue weighted by Gasteiger charge is -2.34. The SMILES string of the molecule is CC1C=C(c2ccc3c4ccccc4c4ccccc4c3c2)C(C)C(c2ccc3c4ccccc4c4ccccc4c3c2)C1. The van der Waals surface area contributed by atoms with Crippen LogP contribution in [-0.4, -0.2) is 0 Å². The molecule has 0 N–H and O–H groups in total. The zero-order valence-electron chi connectivity index (χ0n) is 25.2. The number of benzene rings is 8. The predicted molar refractivity (Wildman–Crippen MR) is 192 cm³/mol. The Kier molecular flexibility index (Phi) is 5.69. The van der Waals surface area contributed by atoms with E-state index >= 15 is 0 Å². The van der Waals surface area contributed by atoms with Gasteiger partial charge in [-0.15, -0.1) is 0 Å². The van der Waals surface area contributed by atoms with Crippen LogP contribution in [-0.2, 0) is 0 Å². The molecule has 0 spiro atoms. The van der Waals surface area contributed by atoms with E-state index in [0.717, 1.165) is 0 Å². The molecular formula is C44H34. The summed E-state index contributed by atoms with van der Waals surface area (Å²) in [5, 5.41) is 16.1. The van der Waals surface area contributed by atoms with Crippen molar-refractivity contribution in [3.63, 3.8) is 0 Å². The van der Waals surface area contributed by atoms with Crippen LogP contribution in [0.1, 0.15) is 37.3 Å². The summed E-state index contributed by atoms with van der Waals surface area (Å²) >= 11 is 0. The summed E-state index contributed by atoms with van der Waals surface area (Å²) in [6.07, 6.45) is 3.72. The Morgan fingerprint density at radius 1 is 0.409 bits per heavy atom. The molecule has 0 bridgehead atoms. The normalized spacial score (nSPS) is 19.0. The van der Waals surface area contributed by atoms with E-state index in [2.05, 4.69) is 153 Å². The summed E-state index contributed by atoms with van der Waals surface area (Å²) in [5.74, 6) is 1.39. The van der Waals surface area contributed by atoms with E-state index < -0.39 is 0 Å². The lowest BCUT2D eigenvalue weighted by Crippen LogP contribution is -2.19. The summed E-state index contributed by atoms with van der Waals surface area (Å²) < 4.78 is 0. The summed E-state index contributed by atoms with van der Waals surface area (Å²) in [4.78, 5) is 0. The molecule has 9 rings (SSSR count). The van der Waals surface area contributed by atoms with Gasteiger partial charge in [0.25, 0.3) is 0 Å². The van der Waals surface area contributed by atoms with Crippen molar-refractivity contribution in [1.29, 1.82) is 0 Å². The average Bonchev–Trinajstić information content (AvgIpc) is 3.09. The third-order valence-electron chi connectivity index (χ3n) is 10.5. The van der Waals surface area contributed by atoms with E-state index in [0.29, 0.717) is 17.8 Å². The van der Waals surface area contributed by atoms with Gasteiger partial charge < -0.3 is 0 Å². The first kappa shape index (κ1) is 25.5. The minimum Gasteiger partial charge on any atom is -0.0776 e. The van der Waals surface area contributed by atoms with Crippen molar-refractivity contribution in [1.82, 2.24) is 0 Å². The second-order valence-electron chi connectivity index (χ2n) is 13.0. The third kappa shape index (κ3) is 3.77. The molecule has 8 aromatic carbocycles. The molecule has 0 nitrogen and oxygen atoms in total. The molecule has 8 aromatic rings. The Balaban J connectivity index is 1.20. The molecule has 3 unspecified atom stereocenters. The fourth-order valence-electron chi connectivity index (χ4n) is 8.37. The Bertz CT molecular complexity index is 2390. The molecule has 1 aliphatic rings. The summed E-state index contributed by atoms with van der Waals surface area (Å²) in [6, 6.07) is 50.1. The molecule has 3 atom stereocenters. The van der Waals surface area contributed by atoms with E-state index in [4.69, 9.17) is 0 Å². The maximum absolute atomic E-state index is 2.55. The molecule has 0 saturated heterocycles. The van der Waals surface area contributed by atoms with Gasteiger partial charge in [0.05, 0.1) is 0 Å². The molecule has 0 amide bonds. The van der Waals surface area contributed by atoms with Crippen molar-refractivity contribution in [2.24, 2.45) is 11.8 Å². The van der Waals surface area contributed by atoms with Crippen molar-refractivity contribution < 1.29 is 0 Å². The van der Waals surface area contributed by atoms with Crippen LogP contribution in [0.5, 0.6) is 0 Å². The third-order valence-corrected chi connectivity index (χ3v) is 10.5. The average molecular weight is 563 g/mol. The number of fused-ring (bicyclic) bond motifs is 12. The largest absolute Gasteiger partial charge is 0.0776 e. The Morgan fingerprint density at radius 3 is 1.27 bits per heavy atom. The van der Waals surface area contributed by atoms with E-state index in [1.165, 1.54) is 87.8 Å². The maximum Gasteiger partial charge on any atom is -0.00899 e. The minimum atomic E-state index is 0.416. The molecule has 0 radical (unpaired) electrons. The van der Waals surface area contributed by atoms with E-state index in [1.807, 2.05) is 0 Å². The highest BCUT2D eigenvalue weighted by Gasteiger charge is 2.30. The standard InChI is InChI=1S/C44H34/c1-27-23-41(29-19-21-39-35-15-5-3-11-31(35)33-13-7-9-17-37(33)43(39)25-29)28(2)42(24-27)30-20-22-40-36-16-6-4-12-32(36)34-14-8-10-18-38(34)44(40)26-30/h3-23,25-28,42H,24H2,1-2H3. The highest BCUT2D eigenvalue weighted by Crippen LogP contribution is 2.47. The topological polar surface area (TPSA) is 0 Å². The van der Waals surface area contributed by atoms with E-state index in [1.54, 1.807) is 0 Å². The quantitative estimate of drug-likeness (QED) is 0.184. The Hall–Kier alpha value is -4.94. The fourth-order valence-corrected chi connectivity index (χ4v) is 8.37. The van der Waals surface area contributed by atoms with Gasteiger partial charge in [0, 0.05) is 0 Å². The molecule has 0 heteroatoms. The van der Waals surface area contributed by atoms with Crippen molar-refractivity contribution in [3.8, 4) is 0 Å². The van der Waals surface area contributed by atoms with E-state index in [-0.39, 0.29) is 0 Å². The van der Waals surface area contributed by atoms with Gasteiger partial charge in [-0.1, -0.05) is 147 Å². The minimum absolute atomic E-state index is 0.416. The zero-order chi connectivity index (χ0) is 29.4. The Morgan fingerprint density at radius 2 is 0.795 bits per heavy atom. The van der Waals surface area contributed by atoms with Gasteiger partial charge in [0.15, 0.2) is 0 Å². The Labute approximate surface area is 258 Å². The van der Waals surface area contributed by atoms with Crippen molar-refractivity contribution in [3.05, 3.63) is 151 Å². The van der Waals surface area contributed by atoms with Crippen LogP contribution in [0.25, 0.3) is 70.2 Å². The van der Waals surface area contributed by atoms with Crippen LogP contribution in [0, 0.1) is 11.8 Å². The molecule has 0 heterocycles. The van der Waals surface area contributed by atoms with Crippen LogP contribution in [0.3, 0.4) is 0 Å². The van der Waals surface area contributed by atoms with Crippen LogP contribution in [0.4, 0.5) is 0 Å². The zero-order valence-corrected chi connectivity index (χ0v) is 25.2. The summed E-state index contributed by atoms with van der Waals surface area (Å²) in [7, 11) is 0. The van der Waals surface area contributed by atoms with Crippen LogP contribution in [0.15, 0.2) is 140 Å². The molecular weight excluding hydrogens is 528 g/mol. The van der Waals surface area contributed by atoms with Gasteiger partial charge in [0.2, 0.25) is 0 Å². The lowest BCUT2D eigenvalue weighted by molar-refractivity contribution is 0.443. The number of allylic oxidation sites excluding steroid dienone is 2. The molecule has 0 fully saturated rings. The van der Waals surface area contributed by atoms with Crippen LogP contribution >= 0.6 is 0 Å². The number of hydrogen-bond acceptors (Lipinski definition) is 0. The first-order chi connectivity index (χ1) is 21.7. The monoisotopic (exact) mass is 562 g/mol. The van der Waals surface area contributed by atoms with Crippen LogP contribution in [0.2, 0.25) is 0 Å². The molecule has 0 aliphatic heterocycles.